The Balaban J connectivity index is 1.47. The number of anilines is 1. The van der Waals surface area contributed by atoms with Gasteiger partial charge in [0.25, 0.3) is 0 Å². The molecule has 5 heteroatoms. The summed E-state index contributed by atoms with van der Waals surface area (Å²) in [7, 11) is 0. The maximum atomic E-state index is 5.91. The van der Waals surface area contributed by atoms with E-state index in [2.05, 4.69) is 32.3 Å². The zero-order valence-electron chi connectivity index (χ0n) is 13.3. The minimum absolute atomic E-state index is 0.548. The van der Waals surface area contributed by atoms with Crippen LogP contribution in [0.3, 0.4) is 0 Å². The molecule has 120 valence electrons. The molecule has 2 aliphatic rings. The maximum Gasteiger partial charge on any atom is 0.188 e. The van der Waals surface area contributed by atoms with Gasteiger partial charge in [0.15, 0.2) is 5.96 Å². The molecule has 22 heavy (non-hydrogen) atoms. The van der Waals surface area contributed by atoms with Gasteiger partial charge >= 0.3 is 0 Å². The molecule has 1 aliphatic carbocycles. The molecule has 1 aliphatic heterocycles. The molecule has 0 aromatic carbocycles. The van der Waals surface area contributed by atoms with Crippen LogP contribution in [0.15, 0.2) is 23.3 Å². The number of guanidine groups is 1. The molecule has 1 saturated heterocycles. The van der Waals surface area contributed by atoms with Crippen molar-refractivity contribution >= 4 is 11.8 Å². The van der Waals surface area contributed by atoms with Gasteiger partial charge in [-0.15, -0.1) is 0 Å². The van der Waals surface area contributed by atoms with E-state index in [1.54, 1.807) is 0 Å². The molecule has 0 bridgehead atoms. The van der Waals surface area contributed by atoms with Crippen molar-refractivity contribution in [3.63, 3.8) is 0 Å². The van der Waals surface area contributed by atoms with Crippen LogP contribution in [0.25, 0.3) is 0 Å². The molecule has 1 aromatic rings. The minimum atomic E-state index is 0.548. The van der Waals surface area contributed by atoms with Crippen molar-refractivity contribution in [2.75, 3.05) is 24.5 Å². The van der Waals surface area contributed by atoms with Crippen LogP contribution in [-0.2, 0) is 6.54 Å². The topological polar surface area (TPSA) is 66.5 Å². The second-order valence-corrected chi connectivity index (χ2v) is 6.45. The largest absolute Gasteiger partial charge is 0.370 e. The molecule has 2 fully saturated rings. The van der Waals surface area contributed by atoms with Crippen molar-refractivity contribution in [1.82, 2.24) is 10.3 Å². The lowest BCUT2D eigenvalue weighted by molar-refractivity contribution is 0.315. The van der Waals surface area contributed by atoms with E-state index in [-0.39, 0.29) is 0 Å². The highest BCUT2D eigenvalue weighted by molar-refractivity contribution is 5.77. The molecule has 1 aromatic heterocycles. The van der Waals surface area contributed by atoms with Crippen LogP contribution < -0.4 is 16.0 Å². The molecule has 0 atom stereocenters. The first-order valence-electron chi connectivity index (χ1n) is 8.55. The number of piperidine rings is 1. The Labute approximate surface area is 133 Å². The van der Waals surface area contributed by atoms with Crippen LogP contribution in [0.2, 0.25) is 0 Å². The monoisotopic (exact) mass is 301 g/mol. The minimum Gasteiger partial charge on any atom is -0.370 e. The second-order valence-electron chi connectivity index (χ2n) is 6.45. The molecule has 5 nitrogen and oxygen atoms in total. The van der Waals surface area contributed by atoms with E-state index in [0.717, 1.165) is 36.9 Å². The van der Waals surface area contributed by atoms with Crippen LogP contribution in [0.1, 0.15) is 44.1 Å². The van der Waals surface area contributed by atoms with E-state index >= 15 is 0 Å². The van der Waals surface area contributed by atoms with Crippen molar-refractivity contribution in [3.8, 4) is 0 Å². The number of rotatable bonds is 5. The lowest BCUT2D eigenvalue weighted by Crippen LogP contribution is -2.37. The summed E-state index contributed by atoms with van der Waals surface area (Å²) in [5, 5.41) is 3.22. The summed E-state index contributed by atoms with van der Waals surface area (Å²) in [6, 6.07) is 4.22. The van der Waals surface area contributed by atoms with E-state index in [0.29, 0.717) is 12.5 Å². The highest BCUT2D eigenvalue weighted by Crippen LogP contribution is 2.25. The highest BCUT2D eigenvalue weighted by atomic mass is 15.2. The van der Waals surface area contributed by atoms with Gasteiger partial charge in [-0.05, 0) is 49.7 Å². The summed E-state index contributed by atoms with van der Waals surface area (Å²) < 4.78 is 0. The Morgan fingerprint density at radius 3 is 2.68 bits per heavy atom. The molecule has 2 heterocycles. The normalized spacial score (nSPS) is 19.8. The van der Waals surface area contributed by atoms with Gasteiger partial charge in [-0.2, -0.15) is 0 Å². The fourth-order valence-corrected chi connectivity index (χ4v) is 3.00. The molecule has 0 unspecified atom stereocenters. The van der Waals surface area contributed by atoms with E-state index in [1.807, 2.05) is 6.20 Å². The van der Waals surface area contributed by atoms with Crippen molar-refractivity contribution in [1.29, 1.82) is 0 Å². The second kappa shape index (κ2) is 7.47. The van der Waals surface area contributed by atoms with E-state index in [1.165, 1.54) is 38.5 Å². The quantitative estimate of drug-likeness (QED) is 0.647. The van der Waals surface area contributed by atoms with Crippen molar-refractivity contribution < 1.29 is 0 Å². The molecule has 0 radical (unpaired) electrons. The standard InChI is InChI=1S/C17H27N5/c18-17(20-11-14-5-4-6-14)21-13-15-7-8-16(19-12-15)22-9-2-1-3-10-22/h7-8,12,14H,1-6,9-11,13H2,(H3,18,20,21). The summed E-state index contributed by atoms with van der Waals surface area (Å²) in [5.41, 5.74) is 7.01. The van der Waals surface area contributed by atoms with E-state index in [9.17, 15) is 0 Å². The van der Waals surface area contributed by atoms with Crippen LogP contribution in [0, 0.1) is 5.92 Å². The van der Waals surface area contributed by atoms with Gasteiger partial charge in [0.2, 0.25) is 0 Å². The average Bonchev–Trinajstić information content (AvgIpc) is 2.53. The number of nitrogens with two attached hydrogens (primary N) is 1. The number of hydrogen-bond donors (Lipinski definition) is 2. The average molecular weight is 301 g/mol. The summed E-state index contributed by atoms with van der Waals surface area (Å²) in [6.07, 6.45) is 9.82. The van der Waals surface area contributed by atoms with Gasteiger partial charge < -0.3 is 16.0 Å². The number of pyridine rings is 1. The summed E-state index contributed by atoms with van der Waals surface area (Å²) in [4.78, 5) is 11.3. The number of hydrogen-bond acceptors (Lipinski definition) is 3. The van der Waals surface area contributed by atoms with Crippen molar-refractivity contribution in [2.24, 2.45) is 16.6 Å². The zero-order chi connectivity index (χ0) is 15.2. The van der Waals surface area contributed by atoms with Crippen LogP contribution in [-0.4, -0.2) is 30.6 Å². The fourth-order valence-electron chi connectivity index (χ4n) is 3.00. The Morgan fingerprint density at radius 2 is 2.05 bits per heavy atom. The van der Waals surface area contributed by atoms with Crippen molar-refractivity contribution in [2.45, 2.75) is 45.1 Å². The highest BCUT2D eigenvalue weighted by Gasteiger charge is 2.16. The zero-order valence-corrected chi connectivity index (χ0v) is 13.3. The number of nitrogens with one attached hydrogen (secondary N) is 1. The smallest absolute Gasteiger partial charge is 0.188 e. The van der Waals surface area contributed by atoms with Crippen LogP contribution in [0.4, 0.5) is 5.82 Å². The maximum absolute atomic E-state index is 5.91. The first kappa shape index (κ1) is 15.1. The summed E-state index contributed by atoms with van der Waals surface area (Å²) in [6.45, 7) is 3.81. The molecule has 0 amide bonds. The molecule has 1 saturated carbocycles. The fraction of sp³-hybridized carbons (Fsp3) is 0.647. The predicted octanol–water partition coefficient (Wildman–Crippen LogP) is 2.28. The lowest BCUT2D eigenvalue weighted by Gasteiger charge is -2.27. The molecule has 3 N–H and O–H groups in total. The van der Waals surface area contributed by atoms with Gasteiger partial charge in [0.05, 0.1) is 6.54 Å². The van der Waals surface area contributed by atoms with Gasteiger partial charge in [-0.1, -0.05) is 12.5 Å². The third-order valence-electron chi connectivity index (χ3n) is 4.72. The third kappa shape index (κ3) is 4.12. The first-order chi connectivity index (χ1) is 10.8. The number of nitrogens with zero attached hydrogens (tertiary/aromatic N) is 3. The Hall–Kier alpha value is -1.78. The first-order valence-corrected chi connectivity index (χ1v) is 8.55. The Bertz CT molecular complexity index is 486. The summed E-state index contributed by atoms with van der Waals surface area (Å²) in [5.74, 6) is 2.43. The van der Waals surface area contributed by atoms with E-state index < -0.39 is 0 Å². The van der Waals surface area contributed by atoms with Gasteiger partial charge in [-0.25, -0.2) is 9.98 Å². The SMILES string of the molecule is NC(=NCc1ccc(N2CCCCC2)nc1)NCC1CCC1. The number of aliphatic imine (C=N–C) groups is 1. The predicted molar refractivity (Wildman–Crippen MR) is 91.0 cm³/mol. The Kier molecular flexibility index (Phi) is 5.14. The van der Waals surface area contributed by atoms with Crippen LogP contribution in [0.5, 0.6) is 0 Å². The third-order valence-corrected chi connectivity index (χ3v) is 4.72. The number of aromatic nitrogens is 1. The lowest BCUT2D eigenvalue weighted by atomic mass is 9.85. The molecular weight excluding hydrogens is 274 g/mol. The molecular formula is C17H27N5. The molecule has 3 rings (SSSR count). The van der Waals surface area contributed by atoms with Gasteiger partial charge in [0, 0.05) is 25.8 Å². The van der Waals surface area contributed by atoms with Crippen LogP contribution >= 0.6 is 0 Å². The van der Waals surface area contributed by atoms with Gasteiger partial charge in [-0.3, -0.25) is 0 Å². The van der Waals surface area contributed by atoms with E-state index in [4.69, 9.17) is 5.73 Å². The Morgan fingerprint density at radius 1 is 1.23 bits per heavy atom. The van der Waals surface area contributed by atoms with Crippen molar-refractivity contribution in [3.05, 3.63) is 23.9 Å². The van der Waals surface area contributed by atoms with Gasteiger partial charge in [0.1, 0.15) is 5.82 Å². The summed E-state index contributed by atoms with van der Waals surface area (Å²) >= 11 is 0. The molecule has 0 spiro atoms.